The summed E-state index contributed by atoms with van der Waals surface area (Å²) in [5.74, 6) is -0.749. The van der Waals surface area contributed by atoms with Gasteiger partial charge in [-0.15, -0.1) is 0 Å². The Bertz CT molecular complexity index is 198. The highest BCUT2D eigenvalue weighted by Gasteiger charge is 2.23. The number of esters is 2. The van der Waals surface area contributed by atoms with E-state index in [0.717, 1.165) is 0 Å². The minimum absolute atomic E-state index is 0.0986. The maximum Gasteiger partial charge on any atom is 0.309 e. The van der Waals surface area contributed by atoms with E-state index in [1.807, 2.05) is 13.8 Å². The molecule has 0 radical (unpaired) electrons. The fourth-order valence-electron chi connectivity index (χ4n) is 1.28. The monoisotopic (exact) mass is 202 g/mol. The van der Waals surface area contributed by atoms with Gasteiger partial charge in [-0.25, -0.2) is 0 Å². The van der Waals surface area contributed by atoms with Crippen LogP contribution in [0.5, 0.6) is 0 Å². The molecule has 4 heteroatoms. The van der Waals surface area contributed by atoms with Crippen LogP contribution in [0.1, 0.15) is 26.7 Å². The summed E-state index contributed by atoms with van der Waals surface area (Å²) < 4.78 is 9.12. The summed E-state index contributed by atoms with van der Waals surface area (Å²) in [7, 11) is 2.64. The molecule has 0 spiro atoms. The Morgan fingerprint density at radius 1 is 1.14 bits per heavy atom. The summed E-state index contributed by atoms with van der Waals surface area (Å²) in [5.41, 5.74) is 0. The SMILES string of the molecule is COC(=O)C[C@@H](CC(C)C)C(=O)OC. The smallest absolute Gasteiger partial charge is 0.309 e. The molecule has 4 nitrogen and oxygen atoms in total. The first-order chi connectivity index (χ1) is 6.51. The normalized spacial score (nSPS) is 12.4. The second kappa shape index (κ2) is 6.40. The lowest BCUT2D eigenvalue weighted by atomic mass is 9.94. The summed E-state index contributed by atoms with van der Waals surface area (Å²) in [6.45, 7) is 3.99. The van der Waals surface area contributed by atoms with Crippen molar-refractivity contribution >= 4 is 11.9 Å². The summed E-state index contributed by atoms with van der Waals surface area (Å²) >= 11 is 0. The molecule has 0 fully saturated rings. The van der Waals surface area contributed by atoms with Crippen molar-refractivity contribution in [3.8, 4) is 0 Å². The second-order valence-electron chi connectivity index (χ2n) is 3.63. The maximum atomic E-state index is 11.3. The average Bonchev–Trinajstić information content (AvgIpc) is 2.14. The van der Waals surface area contributed by atoms with Gasteiger partial charge in [0.05, 0.1) is 26.6 Å². The third-order valence-corrected chi connectivity index (χ3v) is 1.93. The molecular formula is C10H18O4. The first kappa shape index (κ1) is 12.9. The molecule has 0 amide bonds. The lowest BCUT2D eigenvalue weighted by Gasteiger charge is -2.15. The summed E-state index contributed by atoms with van der Waals surface area (Å²) in [6, 6.07) is 0. The van der Waals surface area contributed by atoms with E-state index in [0.29, 0.717) is 12.3 Å². The number of hydrogen-bond donors (Lipinski definition) is 0. The summed E-state index contributed by atoms with van der Waals surface area (Å²) in [5, 5.41) is 0. The van der Waals surface area contributed by atoms with Gasteiger partial charge >= 0.3 is 11.9 Å². The van der Waals surface area contributed by atoms with E-state index in [9.17, 15) is 9.59 Å². The van der Waals surface area contributed by atoms with E-state index in [2.05, 4.69) is 9.47 Å². The minimum atomic E-state index is -0.382. The van der Waals surface area contributed by atoms with Crippen LogP contribution in [0.4, 0.5) is 0 Å². The Hall–Kier alpha value is -1.06. The second-order valence-corrected chi connectivity index (χ2v) is 3.63. The molecule has 82 valence electrons. The van der Waals surface area contributed by atoms with Gasteiger partial charge in [-0.1, -0.05) is 13.8 Å². The van der Waals surface area contributed by atoms with E-state index in [4.69, 9.17) is 0 Å². The Labute approximate surface area is 84.6 Å². The Balaban J connectivity index is 4.24. The van der Waals surface area contributed by atoms with Gasteiger partial charge in [0.15, 0.2) is 0 Å². The quantitative estimate of drug-likeness (QED) is 0.632. The van der Waals surface area contributed by atoms with Crippen LogP contribution in [-0.4, -0.2) is 26.2 Å². The highest BCUT2D eigenvalue weighted by atomic mass is 16.5. The Morgan fingerprint density at radius 2 is 1.71 bits per heavy atom. The predicted molar refractivity (Wildman–Crippen MR) is 51.6 cm³/mol. The molecule has 0 saturated heterocycles. The zero-order valence-electron chi connectivity index (χ0n) is 9.20. The van der Waals surface area contributed by atoms with Gasteiger partial charge in [-0.3, -0.25) is 9.59 Å². The molecule has 0 aliphatic carbocycles. The maximum absolute atomic E-state index is 11.3. The van der Waals surface area contributed by atoms with Crippen molar-refractivity contribution < 1.29 is 19.1 Å². The molecular weight excluding hydrogens is 184 g/mol. The predicted octanol–water partition coefficient (Wildman–Crippen LogP) is 1.38. The molecule has 0 rings (SSSR count). The van der Waals surface area contributed by atoms with E-state index in [-0.39, 0.29) is 24.3 Å². The van der Waals surface area contributed by atoms with Crippen LogP contribution in [0.3, 0.4) is 0 Å². The number of rotatable bonds is 5. The van der Waals surface area contributed by atoms with Crippen LogP contribution in [0, 0.1) is 11.8 Å². The Morgan fingerprint density at radius 3 is 2.07 bits per heavy atom. The van der Waals surface area contributed by atoms with Crippen molar-refractivity contribution in [1.29, 1.82) is 0 Å². The average molecular weight is 202 g/mol. The minimum Gasteiger partial charge on any atom is -0.469 e. The third-order valence-electron chi connectivity index (χ3n) is 1.93. The molecule has 0 aliphatic heterocycles. The van der Waals surface area contributed by atoms with Gasteiger partial charge in [0.25, 0.3) is 0 Å². The van der Waals surface area contributed by atoms with Crippen molar-refractivity contribution in [1.82, 2.24) is 0 Å². The number of carbonyl (C=O) groups is 2. The first-order valence-electron chi connectivity index (χ1n) is 4.65. The lowest BCUT2D eigenvalue weighted by Crippen LogP contribution is -2.22. The molecule has 0 aromatic carbocycles. The molecule has 1 atom stereocenters. The van der Waals surface area contributed by atoms with E-state index in [1.54, 1.807) is 0 Å². The van der Waals surface area contributed by atoms with Crippen molar-refractivity contribution in [2.45, 2.75) is 26.7 Å². The highest BCUT2D eigenvalue weighted by Crippen LogP contribution is 2.17. The van der Waals surface area contributed by atoms with Gasteiger partial charge in [0.1, 0.15) is 0 Å². The fraction of sp³-hybridized carbons (Fsp3) is 0.800. The zero-order valence-corrected chi connectivity index (χ0v) is 9.20. The molecule has 0 aromatic heterocycles. The van der Waals surface area contributed by atoms with Crippen LogP contribution >= 0.6 is 0 Å². The van der Waals surface area contributed by atoms with Crippen LogP contribution in [0.2, 0.25) is 0 Å². The number of ether oxygens (including phenoxy) is 2. The van der Waals surface area contributed by atoms with Crippen molar-refractivity contribution in [2.24, 2.45) is 11.8 Å². The molecule has 0 bridgehead atoms. The molecule has 14 heavy (non-hydrogen) atoms. The standard InChI is InChI=1S/C10H18O4/c1-7(2)5-8(10(12)14-4)6-9(11)13-3/h7-8H,5-6H2,1-4H3/t8-/m1/s1. The molecule has 0 aromatic rings. The summed E-state index contributed by atoms with van der Waals surface area (Å²) in [4.78, 5) is 22.3. The van der Waals surface area contributed by atoms with Gasteiger partial charge < -0.3 is 9.47 Å². The Kier molecular flexibility index (Phi) is 5.92. The zero-order chi connectivity index (χ0) is 11.1. The third kappa shape index (κ3) is 4.84. The van der Waals surface area contributed by atoms with E-state index < -0.39 is 0 Å². The molecule has 0 aliphatic rings. The number of hydrogen-bond acceptors (Lipinski definition) is 4. The summed E-state index contributed by atoms with van der Waals surface area (Å²) in [6.07, 6.45) is 0.739. The number of carbonyl (C=O) groups excluding carboxylic acids is 2. The lowest BCUT2D eigenvalue weighted by molar-refractivity contribution is -0.152. The van der Waals surface area contributed by atoms with Gasteiger partial charge in [0, 0.05) is 0 Å². The first-order valence-corrected chi connectivity index (χ1v) is 4.65. The highest BCUT2D eigenvalue weighted by molar-refractivity contribution is 5.79. The van der Waals surface area contributed by atoms with Gasteiger partial charge in [0.2, 0.25) is 0 Å². The van der Waals surface area contributed by atoms with Gasteiger partial charge in [-0.05, 0) is 12.3 Å². The van der Waals surface area contributed by atoms with Crippen LogP contribution < -0.4 is 0 Å². The van der Waals surface area contributed by atoms with E-state index in [1.165, 1.54) is 14.2 Å². The van der Waals surface area contributed by atoms with Crippen LogP contribution in [-0.2, 0) is 19.1 Å². The van der Waals surface area contributed by atoms with Crippen LogP contribution in [0.25, 0.3) is 0 Å². The van der Waals surface area contributed by atoms with Crippen molar-refractivity contribution in [2.75, 3.05) is 14.2 Å². The molecule has 0 saturated carbocycles. The topological polar surface area (TPSA) is 52.6 Å². The fourth-order valence-corrected chi connectivity index (χ4v) is 1.28. The van der Waals surface area contributed by atoms with Crippen LogP contribution in [0.15, 0.2) is 0 Å². The van der Waals surface area contributed by atoms with Crippen molar-refractivity contribution in [3.63, 3.8) is 0 Å². The molecule has 0 N–H and O–H groups in total. The van der Waals surface area contributed by atoms with E-state index >= 15 is 0 Å². The molecule has 0 heterocycles. The van der Waals surface area contributed by atoms with Crippen molar-refractivity contribution in [3.05, 3.63) is 0 Å². The number of methoxy groups -OCH3 is 2. The largest absolute Gasteiger partial charge is 0.469 e. The molecule has 0 unspecified atom stereocenters. The van der Waals surface area contributed by atoms with Gasteiger partial charge in [-0.2, -0.15) is 0 Å².